The van der Waals surface area contributed by atoms with Gasteiger partial charge in [0.05, 0.1) is 10.8 Å². The molecule has 0 amide bonds. The molecule has 0 aromatic heterocycles. The Balaban J connectivity index is 0.00000576. The van der Waals surface area contributed by atoms with Gasteiger partial charge in [0.2, 0.25) is 0 Å². The molecule has 7 heteroatoms. The zero-order valence-electron chi connectivity index (χ0n) is 15.5. The molecular formula is C18H32IN3O2S. The van der Waals surface area contributed by atoms with Crippen LogP contribution < -0.4 is 10.6 Å². The molecule has 2 N–H and O–H groups in total. The number of ether oxygens (including phenoxy) is 1. The van der Waals surface area contributed by atoms with Gasteiger partial charge in [0.15, 0.2) is 5.96 Å². The van der Waals surface area contributed by atoms with E-state index in [1.165, 1.54) is 0 Å². The Morgan fingerprint density at radius 1 is 1.24 bits per heavy atom. The maximum absolute atomic E-state index is 12.2. The van der Waals surface area contributed by atoms with E-state index in [2.05, 4.69) is 29.5 Å². The Bertz CT molecular complexity index is 498. The van der Waals surface area contributed by atoms with E-state index in [0.717, 1.165) is 43.6 Å². The Morgan fingerprint density at radius 2 is 1.96 bits per heavy atom. The lowest BCUT2D eigenvalue weighted by molar-refractivity contribution is 0.109. The molecule has 144 valence electrons. The Labute approximate surface area is 171 Å². The van der Waals surface area contributed by atoms with E-state index in [1.807, 2.05) is 37.3 Å². The highest BCUT2D eigenvalue weighted by Gasteiger charge is 2.03. The third kappa shape index (κ3) is 12.3. The first-order valence-corrected chi connectivity index (χ1v) is 9.98. The van der Waals surface area contributed by atoms with Gasteiger partial charge in [-0.3, -0.25) is 9.20 Å². The van der Waals surface area contributed by atoms with Crippen molar-refractivity contribution in [1.82, 2.24) is 10.6 Å². The molecule has 0 aliphatic carbocycles. The fraction of sp³-hybridized carbons (Fsp3) is 0.611. The van der Waals surface area contributed by atoms with Crippen molar-refractivity contribution < 1.29 is 8.95 Å². The van der Waals surface area contributed by atoms with E-state index in [-0.39, 0.29) is 24.0 Å². The number of hydrogen-bond acceptors (Lipinski definition) is 3. The molecule has 0 radical (unpaired) electrons. The van der Waals surface area contributed by atoms with Gasteiger partial charge in [-0.2, -0.15) is 0 Å². The lowest BCUT2D eigenvalue weighted by Gasteiger charge is -2.11. The molecule has 0 aliphatic rings. The van der Waals surface area contributed by atoms with Crippen LogP contribution in [0.1, 0.15) is 27.2 Å². The van der Waals surface area contributed by atoms with Crippen LogP contribution in [0.3, 0.4) is 0 Å². The molecule has 0 fully saturated rings. The summed E-state index contributed by atoms with van der Waals surface area (Å²) in [5.41, 5.74) is 0. The molecule has 1 aromatic carbocycles. The van der Waals surface area contributed by atoms with E-state index < -0.39 is 10.8 Å². The summed E-state index contributed by atoms with van der Waals surface area (Å²) < 4.78 is 17.7. The van der Waals surface area contributed by atoms with Crippen LogP contribution in [0.2, 0.25) is 0 Å². The van der Waals surface area contributed by atoms with Crippen LogP contribution in [0.25, 0.3) is 0 Å². The number of aliphatic imine (C=N–C) groups is 1. The summed E-state index contributed by atoms with van der Waals surface area (Å²) in [6, 6.07) is 9.54. The van der Waals surface area contributed by atoms with Crippen molar-refractivity contribution in [2.75, 3.05) is 38.6 Å². The van der Waals surface area contributed by atoms with E-state index in [9.17, 15) is 4.21 Å². The zero-order valence-corrected chi connectivity index (χ0v) is 18.6. The SMILES string of the molecule is CCNC(=NCCCOCC(C)C)NCCS(=O)c1ccccc1.I. The first-order chi connectivity index (χ1) is 11.6. The van der Waals surface area contributed by atoms with Crippen molar-refractivity contribution >= 4 is 40.7 Å². The quantitative estimate of drug-likeness (QED) is 0.221. The highest BCUT2D eigenvalue weighted by molar-refractivity contribution is 14.0. The predicted molar refractivity (Wildman–Crippen MR) is 117 cm³/mol. The standard InChI is InChI=1S/C18H31N3O2S.HI/c1-4-19-18(20-11-8-13-23-15-16(2)3)21-12-14-24(22)17-9-6-5-7-10-17;/h5-7,9-10,16H,4,8,11-15H2,1-3H3,(H2,19,20,21);1H. The van der Waals surface area contributed by atoms with Crippen molar-refractivity contribution in [3.8, 4) is 0 Å². The van der Waals surface area contributed by atoms with Crippen LogP contribution >= 0.6 is 24.0 Å². The Morgan fingerprint density at radius 3 is 2.60 bits per heavy atom. The molecule has 1 atom stereocenters. The van der Waals surface area contributed by atoms with Crippen LogP contribution in [0.15, 0.2) is 40.2 Å². The number of halogens is 1. The average molecular weight is 481 g/mol. The fourth-order valence-corrected chi connectivity index (χ4v) is 2.95. The van der Waals surface area contributed by atoms with Gasteiger partial charge < -0.3 is 15.4 Å². The number of rotatable bonds is 11. The van der Waals surface area contributed by atoms with Crippen molar-refractivity contribution in [3.05, 3.63) is 30.3 Å². The van der Waals surface area contributed by atoms with Crippen LogP contribution in [-0.4, -0.2) is 48.8 Å². The maximum Gasteiger partial charge on any atom is 0.191 e. The Kier molecular flexibility index (Phi) is 15.2. The first-order valence-electron chi connectivity index (χ1n) is 8.66. The van der Waals surface area contributed by atoms with Crippen LogP contribution in [0.5, 0.6) is 0 Å². The van der Waals surface area contributed by atoms with Crippen LogP contribution in [-0.2, 0) is 15.5 Å². The zero-order chi connectivity index (χ0) is 17.6. The number of benzene rings is 1. The fourth-order valence-electron chi connectivity index (χ4n) is 1.97. The van der Waals surface area contributed by atoms with Crippen molar-refractivity contribution in [2.45, 2.75) is 32.1 Å². The number of hydrogen-bond donors (Lipinski definition) is 2. The molecule has 0 aliphatic heterocycles. The van der Waals surface area contributed by atoms with Gasteiger partial charge in [0.1, 0.15) is 0 Å². The Hall–Kier alpha value is -0.670. The van der Waals surface area contributed by atoms with Gasteiger partial charge in [0, 0.05) is 43.5 Å². The van der Waals surface area contributed by atoms with Crippen molar-refractivity contribution in [1.29, 1.82) is 0 Å². The summed E-state index contributed by atoms with van der Waals surface area (Å²) >= 11 is 0. The summed E-state index contributed by atoms with van der Waals surface area (Å²) in [4.78, 5) is 5.38. The maximum atomic E-state index is 12.2. The topological polar surface area (TPSA) is 62.7 Å². The molecular weight excluding hydrogens is 449 g/mol. The third-order valence-corrected chi connectivity index (χ3v) is 4.47. The van der Waals surface area contributed by atoms with E-state index in [0.29, 0.717) is 18.2 Å². The summed E-state index contributed by atoms with van der Waals surface area (Å²) in [5.74, 6) is 1.90. The normalized spacial score (nSPS) is 12.6. The lowest BCUT2D eigenvalue weighted by Crippen LogP contribution is -2.39. The summed E-state index contributed by atoms with van der Waals surface area (Å²) in [6.45, 7) is 10.00. The minimum atomic E-state index is -0.984. The van der Waals surface area contributed by atoms with Gasteiger partial charge in [-0.15, -0.1) is 24.0 Å². The molecule has 1 unspecified atom stereocenters. The van der Waals surface area contributed by atoms with Crippen LogP contribution in [0, 0.1) is 5.92 Å². The third-order valence-electron chi connectivity index (χ3n) is 3.10. The second-order valence-electron chi connectivity index (χ2n) is 5.87. The lowest BCUT2D eigenvalue weighted by atomic mass is 10.2. The van der Waals surface area contributed by atoms with Gasteiger partial charge in [0.25, 0.3) is 0 Å². The summed E-state index contributed by atoms with van der Waals surface area (Å²) in [6.07, 6.45) is 0.902. The van der Waals surface area contributed by atoms with Crippen molar-refractivity contribution in [3.63, 3.8) is 0 Å². The molecule has 1 rings (SSSR count). The molecule has 0 saturated carbocycles. The molecule has 0 heterocycles. The minimum absolute atomic E-state index is 0. The highest BCUT2D eigenvalue weighted by atomic mass is 127. The van der Waals surface area contributed by atoms with E-state index in [1.54, 1.807) is 0 Å². The molecule has 0 bridgehead atoms. The minimum Gasteiger partial charge on any atom is -0.381 e. The molecule has 1 aromatic rings. The predicted octanol–water partition coefficient (Wildman–Crippen LogP) is 3.03. The van der Waals surface area contributed by atoms with Crippen molar-refractivity contribution in [2.24, 2.45) is 10.9 Å². The first kappa shape index (κ1) is 24.3. The summed E-state index contributed by atoms with van der Waals surface area (Å²) in [7, 11) is -0.984. The molecule has 0 spiro atoms. The van der Waals surface area contributed by atoms with Gasteiger partial charge in [-0.1, -0.05) is 32.0 Å². The monoisotopic (exact) mass is 481 g/mol. The van der Waals surface area contributed by atoms with Gasteiger partial charge in [-0.05, 0) is 31.4 Å². The second-order valence-corrected chi connectivity index (χ2v) is 7.44. The molecule has 25 heavy (non-hydrogen) atoms. The van der Waals surface area contributed by atoms with E-state index in [4.69, 9.17) is 4.74 Å². The highest BCUT2D eigenvalue weighted by Crippen LogP contribution is 2.04. The van der Waals surface area contributed by atoms with Gasteiger partial charge in [-0.25, -0.2) is 0 Å². The molecule has 5 nitrogen and oxygen atoms in total. The largest absolute Gasteiger partial charge is 0.381 e. The molecule has 0 saturated heterocycles. The second kappa shape index (κ2) is 15.6. The number of nitrogens with zero attached hydrogens (tertiary/aromatic N) is 1. The number of nitrogens with one attached hydrogen (secondary N) is 2. The smallest absolute Gasteiger partial charge is 0.191 e. The number of guanidine groups is 1. The van der Waals surface area contributed by atoms with E-state index >= 15 is 0 Å². The van der Waals surface area contributed by atoms with Crippen LogP contribution in [0.4, 0.5) is 0 Å². The average Bonchev–Trinajstić information content (AvgIpc) is 2.58. The summed E-state index contributed by atoms with van der Waals surface area (Å²) in [5, 5.41) is 6.44. The van der Waals surface area contributed by atoms with Gasteiger partial charge >= 0.3 is 0 Å².